The third-order valence-electron chi connectivity index (χ3n) is 5.46. The Hall–Kier alpha value is -1.06. The molecule has 0 amide bonds. The van der Waals surface area contributed by atoms with Crippen LogP contribution in [0.2, 0.25) is 16.6 Å². The number of hydrogen-bond donors (Lipinski definition) is 2. The van der Waals surface area contributed by atoms with Crippen molar-refractivity contribution in [3.05, 3.63) is 23.8 Å². The average Bonchev–Trinajstić information content (AvgIpc) is 2.62. The second kappa shape index (κ2) is 12.6. The maximum Gasteiger partial charge on any atom is 0.707 e. The van der Waals surface area contributed by atoms with Gasteiger partial charge in [0.1, 0.15) is 11.5 Å². The van der Waals surface area contributed by atoms with Gasteiger partial charge in [-0.25, -0.2) is 0 Å². The summed E-state index contributed by atoms with van der Waals surface area (Å²) in [5.74, 6) is 1.15. The second-order valence-electron chi connectivity index (χ2n) is 8.32. The molecule has 0 aliphatic carbocycles. The summed E-state index contributed by atoms with van der Waals surface area (Å²) < 4.78 is 22.6. The molecule has 0 spiro atoms. The van der Waals surface area contributed by atoms with Gasteiger partial charge in [-0.15, -0.1) is 0 Å². The van der Waals surface area contributed by atoms with E-state index in [1.165, 1.54) is 0 Å². The van der Waals surface area contributed by atoms with Crippen LogP contribution in [0.1, 0.15) is 53.5 Å². The predicted molar refractivity (Wildman–Crippen MR) is 120 cm³/mol. The van der Waals surface area contributed by atoms with E-state index in [2.05, 4.69) is 41.5 Å². The minimum absolute atomic E-state index is 0.429. The van der Waals surface area contributed by atoms with Gasteiger partial charge < -0.3 is 28.6 Å². The highest BCUT2D eigenvalue weighted by Crippen LogP contribution is 2.42. The minimum Gasteiger partial charge on any atom is -0.512 e. The van der Waals surface area contributed by atoms with Crippen molar-refractivity contribution in [2.75, 3.05) is 26.9 Å². The average molecular weight is 426 g/mol. The Morgan fingerprint density at radius 1 is 0.931 bits per heavy atom. The Kier molecular flexibility index (Phi) is 11.3. The molecular formula is C21H39BO6Si. The molecular weight excluding hydrogens is 387 g/mol. The van der Waals surface area contributed by atoms with Gasteiger partial charge in [0.05, 0.1) is 6.61 Å². The molecule has 0 aromatic heterocycles. The molecule has 0 aliphatic rings. The third kappa shape index (κ3) is 7.61. The molecule has 2 N–H and O–H groups in total. The van der Waals surface area contributed by atoms with Crippen molar-refractivity contribution in [2.24, 2.45) is 0 Å². The van der Waals surface area contributed by atoms with Crippen LogP contribution in [0.3, 0.4) is 0 Å². The van der Waals surface area contributed by atoms with Crippen LogP contribution >= 0.6 is 0 Å². The summed E-state index contributed by atoms with van der Waals surface area (Å²) in [4.78, 5) is 0. The van der Waals surface area contributed by atoms with E-state index in [-0.39, 0.29) is 0 Å². The fraction of sp³-hybridized carbons (Fsp3) is 0.714. The van der Waals surface area contributed by atoms with Crippen molar-refractivity contribution in [2.45, 2.75) is 71.0 Å². The molecule has 1 aromatic rings. The zero-order chi connectivity index (χ0) is 22.0. The van der Waals surface area contributed by atoms with E-state index in [0.29, 0.717) is 48.6 Å². The number of benzene rings is 1. The van der Waals surface area contributed by atoms with Gasteiger partial charge in [0, 0.05) is 26.7 Å². The molecule has 0 aliphatic heterocycles. The summed E-state index contributed by atoms with van der Waals surface area (Å²) >= 11 is 0. The summed E-state index contributed by atoms with van der Waals surface area (Å²) in [5.41, 5.74) is 2.36. The van der Waals surface area contributed by atoms with Gasteiger partial charge in [0.2, 0.25) is 0 Å². The van der Waals surface area contributed by atoms with E-state index < -0.39 is 15.6 Å². The molecule has 0 heterocycles. The van der Waals surface area contributed by atoms with Gasteiger partial charge in [-0.05, 0) is 46.8 Å². The number of rotatable bonds is 14. The molecule has 0 fully saturated rings. The smallest absolute Gasteiger partial charge is 0.512 e. The van der Waals surface area contributed by atoms with E-state index in [1.54, 1.807) is 19.2 Å². The Labute approximate surface area is 177 Å². The summed E-state index contributed by atoms with van der Waals surface area (Å²) in [6, 6.07) is 5.36. The molecule has 0 saturated heterocycles. The molecule has 1 rings (SSSR count). The molecule has 0 saturated carbocycles. The first-order valence-electron chi connectivity index (χ1n) is 10.6. The van der Waals surface area contributed by atoms with Crippen molar-refractivity contribution in [1.29, 1.82) is 0 Å². The lowest BCUT2D eigenvalue weighted by molar-refractivity contribution is 0.172. The minimum atomic E-state index is -1.96. The van der Waals surface area contributed by atoms with Crippen molar-refractivity contribution in [1.82, 2.24) is 0 Å². The molecule has 166 valence electrons. The van der Waals surface area contributed by atoms with Gasteiger partial charge in [-0.1, -0.05) is 41.5 Å². The van der Waals surface area contributed by atoms with Gasteiger partial charge in [0.15, 0.2) is 8.32 Å². The first-order chi connectivity index (χ1) is 13.6. The van der Waals surface area contributed by atoms with Gasteiger partial charge in [-0.2, -0.15) is 0 Å². The highest BCUT2D eigenvalue weighted by atomic mass is 28.4. The first kappa shape index (κ1) is 26.0. The third-order valence-corrected chi connectivity index (χ3v) is 11.6. The first-order valence-corrected chi connectivity index (χ1v) is 12.7. The molecule has 1 aromatic carbocycles. The Bertz CT molecular complexity index is 573. The highest BCUT2D eigenvalue weighted by molar-refractivity contribution is 6.77. The Morgan fingerprint density at radius 3 is 2.07 bits per heavy atom. The van der Waals surface area contributed by atoms with Gasteiger partial charge in [-0.3, -0.25) is 0 Å². The molecule has 0 bridgehead atoms. The van der Waals surface area contributed by atoms with E-state index in [4.69, 9.17) is 18.6 Å². The molecule has 6 nitrogen and oxygen atoms in total. The van der Waals surface area contributed by atoms with E-state index in [0.717, 1.165) is 17.7 Å². The van der Waals surface area contributed by atoms with Crippen LogP contribution in [0, 0.1) is 0 Å². The molecule has 0 radical (unpaired) electrons. The fourth-order valence-corrected chi connectivity index (χ4v) is 9.76. The standard InChI is InChI=1S/C21H39BO6Si/c1-16(2)29(17(3)4,18(5)6)27-14-11-19-15-20(26-13-8-12-25-7)9-10-21(19)28-22(23)24/h9-10,15-18,23-24H,8,11-14H2,1-7H3. The normalized spacial score (nSPS) is 12.1. The number of ether oxygens (including phenoxy) is 2. The Balaban J connectivity index is 2.92. The molecule has 0 atom stereocenters. The largest absolute Gasteiger partial charge is 0.707 e. The van der Waals surface area contributed by atoms with Crippen LogP contribution in [-0.4, -0.2) is 52.6 Å². The summed E-state index contributed by atoms with van der Waals surface area (Å²) in [7, 11) is -2.16. The maximum atomic E-state index is 9.24. The molecule has 0 unspecified atom stereocenters. The number of hydrogen-bond acceptors (Lipinski definition) is 6. The van der Waals surface area contributed by atoms with Crippen LogP contribution < -0.4 is 9.39 Å². The molecule has 29 heavy (non-hydrogen) atoms. The fourth-order valence-electron chi connectivity index (χ4n) is 4.30. The topological polar surface area (TPSA) is 77.4 Å². The lowest BCUT2D eigenvalue weighted by Crippen LogP contribution is -2.48. The van der Waals surface area contributed by atoms with Crippen LogP contribution in [0.4, 0.5) is 0 Å². The quantitative estimate of drug-likeness (QED) is 0.343. The summed E-state index contributed by atoms with van der Waals surface area (Å²) in [6.07, 6.45) is 1.41. The van der Waals surface area contributed by atoms with Gasteiger partial charge in [0.25, 0.3) is 0 Å². The lowest BCUT2D eigenvalue weighted by atomic mass is 10.1. The monoisotopic (exact) mass is 426 g/mol. The van der Waals surface area contributed by atoms with E-state index in [9.17, 15) is 10.0 Å². The van der Waals surface area contributed by atoms with Crippen LogP contribution in [-0.2, 0) is 15.6 Å². The zero-order valence-corrected chi connectivity index (χ0v) is 20.1. The van der Waals surface area contributed by atoms with Crippen molar-refractivity contribution in [3.8, 4) is 11.5 Å². The predicted octanol–water partition coefficient (Wildman–Crippen LogP) is 4.18. The van der Waals surface area contributed by atoms with Crippen LogP contribution in [0.5, 0.6) is 11.5 Å². The van der Waals surface area contributed by atoms with Crippen molar-refractivity contribution in [3.63, 3.8) is 0 Å². The maximum absolute atomic E-state index is 9.24. The summed E-state index contributed by atoms with van der Waals surface area (Å²) in [6.45, 7) is 15.3. The SMILES string of the molecule is COCCCOc1ccc(OB(O)O)c(CCO[Si](C(C)C)(C(C)C)C(C)C)c1. The van der Waals surface area contributed by atoms with Crippen molar-refractivity contribution < 1.29 is 28.6 Å². The van der Waals surface area contributed by atoms with Crippen LogP contribution in [0.25, 0.3) is 0 Å². The highest BCUT2D eigenvalue weighted by Gasteiger charge is 2.44. The molecule has 8 heteroatoms. The number of methoxy groups -OCH3 is 1. The van der Waals surface area contributed by atoms with Crippen molar-refractivity contribution >= 4 is 15.6 Å². The lowest BCUT2D eigenvalue weighted by Gasteiger charge is -2.42. The Morgan fingerprint density at radius 2 is 1.55 bits per heavy atom. The van der Waals surface area contributed by atoms with Gasteiger partial charge >= 0.3 is 7.32 Å². The second-order valence-corrected chi connectivity index (χ2v) is 13.8. The van der Waals surface area contributed by atoms with Crippen LogP contribution in [0.15, 0.2) is 18.2 Å². The summed E-state index contributed by atoms with van der Waals surface area (Å²) in [5, 5.41) is 18.5. The van der Waals surface area contributed by atoms with E-state index >= 15 is 0 Å². The zero-order valence-electron chi connectivity index (χ0n) is 19.1. The van der Waals surface area contributed by atoms with E-state index in [1.807, 2.05) is 6.07 Å².